The Morgan fingerprint density at radius 1 is 1.33 bits per heavy atom. The summed E-state index contributed by atoms with van der Waals surface area (Å²) in [5.41, 5.74) is 5.53. The highest BCUT2D eigenvalue weighted by Gasteiger charge is 2.05. The number of hydrazine groups is 1. The summed E-state index contributed by atoms with van der Waals surface area (Å²) in [4.78, 5) is 11.1. The Bertz CT molecular complexity index is 337. The predicted molar refractivity (Wildman–Crippen MR) is 62.3 cm³/mol. The van der Waals surface area contributed by atoms with E-state index in [1.165, 1.54) is 0 Å². The van der Waals surface area contributed by atoms with Crippen LogP contribution in [0.15, 0.2) is 18.2 Å². The number of amides is 2. The minimum Gasteiger partial charge on any atom is -0.337 e. The van der Waals surface area contributed by atoms with E-state index in [1.54, 1.807) is 18.2 Å². The van der Waals surface area contributed by atoms with Crippen LogP contribution < -0.4 is 16.2 Å². The Hall–Kier alpha value is -1.13. The average molecular weight is 248 g/mol. The van der Waals surface area contributed by atoms with Crippen LogP contribution >= 0.6 is 23.2 Å². The number of anilines is 1. The summed E-state index contributed by atoms with van der Waals surface area (Å²) in [5, 5.41) is 3.44. The van der Waals surface area contributed by atoms with E-state index in [4.69, 9.17) is 23.2 Å². The number of benzene rings is 1. The van der Waals surface area contributed by atoms with Gasteiger partial charge in [-0.15, -0.1) is 0 Å². The molecule has 4 nitrogen and oxygen atoms in total. The van der Waals surface area contributed by atoms with Crippen LogP contribution in [0, 0.1) is 0 Å². The van der Waals surface area contributed by atoms with E-state index in [0.717, 1.165) is 0 Å². The molecule has 15 heavy (non-hydrogen) atoms. The van der Waals surface area contributed by atoms with E-state index in [0.29, 0.717) is 22.3 Å². The number of carbonyl (C=O) groups excluding carboxylic acids is 1. The van der Waals surface area contributed by atoms with Gasteiger partial charge in [-0.05, 0) is 19.1 Å². The molecule has 1 aromatic rings. The number of urea groups is 1. The zero-order valence-corrected chi connectivity index (χ0v) is 9.62. The first-order chi connectivity index (χ1) is 7.15. The summed E-state index contributed by atoms with van der Waals surface area (Å²) in [5.74, 6) is 0. The van der Waals surface area contributed by atoms with Gasteiger partial charge in [-0.1, -0.05) is 29.3 Å². The maximum Gasteiger partial charge on any atom is 0.333 e. The second kappa shape index (κ2) is 5.68. The Balaban J connectivity index is 2.61. The minimum atomic E-state index is -0.339. The molecule has 6 heteroatoms. The van der Waals surface area contributed by atoms with Crippen molar-refractivity contribution in [2.75, 3.05) is 12.0 Å². The van der Waals surface area contributed by atoms with E-state index >= 15 is 0 Å². The van der Waals surface area contributed by atoms with Crippen LogP contribution in [0.5, 0.6) is 0 Å². The molecular formula is C9H11Cl2N3O. The summed E-state index contributed by atoms with van der Waals surface area (Å²) in [6.07, 6.45) is 0. The van der Waals surface area contributed by atoms with Gasteiger partial charge >= 0.3 is 6.03 Å². The van der Waals surface area contributed by atoms with Crippen molar-refractivity contribution >= 4 is 34.9 Å². The number of hydrogen-bond donors (Lipinski definition) is 3. The molecule has 0 saturated carbocycles. The fourth-order valence-corrected chi connectivity index (χ4v) is 1.43. The Morgan fingerprint density at radius 2 is 1.93 bits per heavy atom. The molecule has 0 aromatic heterocycles. The highest BCUT2D eigenvalue weighted by Crippen LogP contribution is 2.28. The van der Waals surface area contributed by atoms with Crippen LogP contribution in [0.1, 0.15) is 6.92 Å². The molecule has 82 valence electrons. The van der Waals surface area contributed by atoms with Crippen LogP contribution in [0.2, 0.25) is 10.0 Å². The average Bonchev–Trinajstić information content (AvgIpc) is 2.17. The molecule has 1 rings (SSSR count). The molecule has 3 N–H and O–H groups in total. The molecule has 0 atom stereocenters. The zero-order valence-electron chi connectivity index (χ0n) is 8.10. The lowest BCUT2D eigenvalue weighted by atomic mass is 10.3. The summed E-state index contributed by atoms with van der Waals surface area (Å²) in [7, 11) is 0. The monoisotopic (exact) mass is 247 g/mol. The lowest BCUT2D eigenvalue weighted by molar-refractivity contribution is 0.243. The van der Waals surface area contributed by atoms with Gasteiger partial charge in [0.2, 0.25) is 0 Å². The van der Waals surface area contributed by atoms with Gasteiger partial charge in [0.15, 0.2) is 0 Å². The second-order valence-corrected chi connectivity index (χ2v) is 3.52. The van der Waals surface area contributed by atoms with E-state index in [2.05, 4.69) is 16.2 Å². The van der Waals surface area contributed by atoms with Gasteiger partial charge in [-0.25, -0.2) is 4.79 Å². The summed E-state index contributed by atoms with van der Waals surface area (Å²) in [6.45, 7) is 2.37. The van der Waals surface area contributed by atoms with E-state index < -0.39 is 0 Å². The highest BCUT2D eigenvalue weighted by atomic mass is 35.5. The van der Waals surface area contributed by atoms with Crippen molar-refractivity contribution in [1.82, 2.24) is 10.7 Å². The number of carbonyl (C=O) groups is 1. The normalized spacial score (nSPS) is 9.53. The first-order valence-corrected chi connectivity index (χ1v) is 5.14. The number of nitrogens with one attached hydrogen (secondary N) is 3. The van der Waals surface area contributed by atoms with E-state index in [9.17, 15) is 4.79 Å². The van der Waals surface area contributed by atoms with Crippen molar-refractivity contribution in [3.63, 3.8) is 0 Å². The van der Waals surface area contributed by atoms with Crippen molar-refractivity contribution in [2.45, 2.75) is 6.92 Å². The molecule has 1 aromatic carbocycles. The third kappa shape index (κ3) is 3.49. The molecule has 0 fully saturated rings. The molecule has 0 spiro atoms. The summed E-state index contributed by atoms with van der Waals surface area (Å²) in [6, 6.07) is 4.74. The molecule has 0 unspecified atom stereocenters. The second-order valence-electron chi connectivity index (χ2n) is 2.71. The number of halogens is 2. The van der Waals surface area contributed by atoms with E-state index in [-0.39, 0.29) is 6.03 Å². The van der Waals surface area contributed by atoms with Crippen LogP contribution in [0.3, 0.4) is 0 Å². The lowest BCUT2D eigenvalue weighted by Gasteiger charge is -2.11. The fraction of sp³-hybridized carbons (Fsp3) is 0.222. The fourth-order valence-electron chi connectivity index (χ4n) is 0.941. The van der Waals surface area contributed by atoms with Gasteiger partial charge in [0.05, 0.1) is 15.7 Å². The molecular weight excluding hydrogens is 237 g/mol. The predicted octanol–water partition coefficient (Wildman–Crippen LogP) is 2.64. The number of rotatable bonds is 3. The van der Waals surface area contributed by atoms with Crippen molar-refractivity contribution in [2.24, 2.45) is 0 Å². The largest absolute Gasteiger partial charge is 0.337 e. The van der Waals surface area contributed by atoms with Crippen LogP contribution in [0.4, 0.5) is 10.5 Å². The van der Waals surface area contributed by atoms with Crippen molar-refractivity contribution in [3.05, 3.63) is 28.2 Å². The quantitative estimate of drug-likeness (QED) is 0.720. The van der Waals surface area contributed by atoms with Gasteiger partial charge in [0.25, 0.3) is 0 Å². The van der Waals surface area contributed by atoms with Crippen molar-refractivity contribution in [3.8, 4) is 0 Å². The smallest absolute Gasteiger partial charge is 0.333 e. The highest BCUT2D eigenvalue weighted by molar-refractivity contribution is 6.39. The van der Waals surface area contributed by atoms with Gasteiger partial charge in [-0.3, -0.25) is 10.9 Å². The maximum atomic E-state index is 11.1. The Labute approximate surface area is 97.9 Å². The van der Waals surface area contributed by atoms with Gasteiger partial charge in [0.1, 0.15) is 0 Å². The van der Waals surface area contributed by atoms with Gasteiger partial charge in [0, 0.05) is 6.54 Å². The maximum absolute atomic E-state index is 11.1. The summed E-state index contributed by atoms with van der Waals surface area (Å²) >= 11 is 11.7. The first-order valence-electron chi connectivity index (χ1n) is 4.39. The summed E-state index contributed by atoms with van der Waals surface area (Å²) < 4.78 is 0. The van der Waals surface area contributed by atoms with Crippen molar-refractivity contribution in [1.29, 1.82) is 0 Å². The first kappa shape index (κ1) is 11.9. The third-order valence-corrected chi connectivity index (χ3v) is 2.23. The number of hydrogen-bond acceptors (Lipinski definition) is 2. The SMILES string of the molecule is CCNC(=O)NNc1c(Cl)cccc1Cl. The Kier molecular flexibility index (Phi) is 4.52. The zero-order chi connectivity index (χ0) is 11.3. The molecule has 0 aliphatic carbocycles. The van der Waals surface area contributed by atoms with Crippen LogP contribution in [-0.2, 0) is 0 Å². The topological polar surface area (TPSA) is 53.2 Å². The van der Waals surface area contributed by atoms with Crippen LogP contribution in [0.25, 0.3) is 0 Å². The molecule has 0 saturated heterocycles. The third-order valence-electron chi connectivity index (χ3n) is 1.60. The molecule has 0 heterocycles. The van der Waals surface area contributed by atoms with Crippen molar-refractivity contribution < 1.29 is 4.79 Å². The molecule has 0 aliphatic rings. The van der Waals surface area contributed by atoms with E-state index in [1.807, 2.05) is 6.92 Å². The minimum absolute atomic E-state index is 0.339. The van der Waals surface area contributed by atoms with Crippen LogP contribution in [-0.4, -0.2) is 12.6 Å². The Morgan fingerprint density at radius 3 is 2.47 bits per heavy atom. The lowest BCUT2D eigenvalue weighted by Crippen LogP contribution is -2.38. The molecule has 0 radical (unpaired) electrons. The molecule has 0 aliphatic heterocycles. The van der Waals surface area contributed by atoms with Gasteiger partial charge < -0.3 is 5.32 Å². The molecule has 2 amide bonds. The molecule has 0 bridgehead atoms. The standard InChI is InChI=1S/C9H11Cl2N3O/c1-2-12-9(15)14-13-8-6(10)4-3-5-7(8)11/h3-5,13H,2H2,1H3,(H2,12,14,15). The van der Waals surface area contributed by atoms with Gasteiger partial charge in [-0.2, -0.15) is 0 Å². The number of para-hydroxylation sites is 1.